The molecule has 0 aromatic rings. The molecular formula is C13H21NO3. The number of rotatable bonds is 0. The van der Waals surface area contributed by atoms with Gasteiger partial charge in [0.05, 0.1) is 12.2 Å². The predicted molar refractivity (Wildman–Crippen MR) is 62.8 cm³/mol. The van der Waals surface area contributed by atoms with Gasteiger partial charge in [-0.2, -0.15) is 0 Å². The van der Waals surface area contributed by atoms with Crippen LogP contribution in [0.5, 0.6) is 0 Å². The molecule has 0 radical (unpaired) electrons. The largest absolute Gasteiger partial charge is 0.444 e. The molecule has 3 aliphatic rings. The van der Waals surface area contributed by atoms with E-state index in [-0.39, 0.29) is 11.7 Å². The van der Waals surface area contributed by atoms with Gasteiger partial charge in [0, 0.05) is 12.1 Å². The van der Waals surface area contributed by atoms with Gasteiger partial charge in [-0.15, -0.1) is 0 Å². The van der Waals surface area contributed by atoms with E-state index in [1.54, 1.807) is 0 Å². The second-order valence-electron chi connectivity index (χ2n) is 6.65. The van der Waals surface area contributed by atoms with Gasteiger partial charge >= 0.3 is 6.09 Å². The molecule has 0 N–H and O–H groups in total. The summed E-state index contributed by atoms with van der Waals surface area (Å²) >= 11 is 0. The Morgan fingerprint density at radius 2 is 1.82 bits per heavy atom. The van der Waals surface area contributed by atoms with Crippen LogP contribution in [0.3, 0.4) is 0 Å². The van der Waals surface area contributed by atoms with Crippen molar-refractivity contribution in [3.05, 3.63) is 0 Å². The number of carbonyl (C=O) groups excluding carboxylic acids is 1. The summed E-state index contributed by atoms with van der Waals surface area (Å²) in [4.78, 5) is 14.1. The first kappa shape index (κ1) is 11.3. The minimum Gasteiger partial charge on any atom is -0.444 e. The Labute approximate surface area is 102 Å². The highest BCUT2D eigenvalue weighted by Crippen LogP contribution is 2.49. The summed E-state index contributed by atoms with van der Waals surface area (Å²) in [6.45, 7) is 6.65. The van der Waals surface area contributed by atoms with E-state index in [1.165, 1.54) is 0 Å². The van der Waals surface area contributed by atoms with Crippen LogP contribution in [-0.2, 0) is 9.47 Å². The monoisotopic (exact) mass is 239 g/mol. The van der Waals surface area contributed by atoms with Gasteiger partial charge in [0.2, 0.25) is 0 Å². The summed E-state index contributed by atoms with van der Waals surface area (Å²) in [6.07, 6.45) is 4.08. The fourth-order valence-corrected chi connectivity index (χ4v) is 3.25. The Morgan fingerprint density at radius 1 is 1.29 bits per heavy atom. The van der Waals surface area contributed by atoms with Gasteiger partial charge in [-0.05, 0) is 46.5 Å². The van der Waals surface area contributed by atoms with Crippen LogP contribution in [0.1, 0.15) is 46.5 Å². The number of amides is 1. The quantitative estimate of drug-likeness (QED) is 0.609. The summed E-state index contributed by atoms with van der Waals surface area (Å²) in [5.41, 5.74) is -0.272. The van der Waals surface area contributed by atoms with Crippen molar-refractivity contribution in [2.75, 3.05) is 6.61 Å². The number of piperidine rings is 1. The van der Waals surface area contributed by atoms with Crippen molar-refractivity contribution < 1.29 is 14.3 Å². The van der Waals surface area contributed by atoms with Crippen molar-refractivity contribution >= 4 is 6.09 Å². The number of fused-ring (bicyclic) bond motifs is 2. The summed E-state index contributed by atoms with van der Waals surface area (Å²) in [6, 6.07) is 0.678. The van der Waals surface area contributed by atoms with Gasteiger partial charge in [-0.3, -0.25) is 0 Å². The first-order valence-corrected chi connectivity index (χ1v) is 6.54. The van der Waals surface area contributed by atoms with E-state index in [4.69, 9.17) is 9.47 Å². The van der Waals surface area contributed by atoms with E-state index >= 15 is 0 Å². The minimum atomic E-state index is -0.401. The molecule has 3 aliphatic heterocycles. The molecule has 1 amide bonds. The van der Waals surface area contributed by atoms with Gasteiger partial charge in [0.25, 0.3) is 0 Å². The fraction of sp³-hybridized carbons (Fsp3) is 0.923. The number of hydrogen-bond acceptors (Lipinski definition) is 3. The molecule has 4 nitrogen and oxygen atoms in total. The van der Waals surface area contributed by atoms with E-state index in [0.717, 1.165) is 32.3 Å². The molecular weight excluding hydrogens is 218 g/mol. The molecule has 3 heterocycles. The third-order valence-electron chi connectivity index (χ3n) is 3.99. The van der Waals surface area contributed by atoms with Crippen LogP contribution in [0.25, 0.3) is 0 Å². The zero-order valence-electron chi connectivity index (χ0n) is 10.9. The molecule has 2 unspecified atom stereocenters. The highest BCUT2D eigenvalue weighted by molar-refractivity contribution is 5.69. The highest BCUT2D eigenvalue weighted by atomic mass is 16.6. The topological polar surface area (TPSA) is 42.1 Å². The predicted octanol–water partition coefficient (Wildman–Crippen LogP) is 2.32. The van der Waals surface area contributed by atoms with Crippen LogP contribution in [0.4, 0.5) is 4.79 Å². The molecule has 4 heteroatoms. The average Bonchev–Trinajstić information content (AvgIpc) is 2.84. The second-order valence-corrected chi connectivity index (χ2v) is 6.65. The highest BCUT2D eigenvalue weighted by Gasteiger charge is 2.57. The van der Waals surface area contributed by atoms with Gasteiger partial charge in [0.1, 0.15) is 5.60 Å². The molecule has 0 aliphatic carbocycles. The first-order chi connectivity index (χ1) is 7.89. The Balaban J connectivity index is 1.70. The molecule has 2 bridgehead atoms. The molecule has 0 aromatic carbocycles. The van der Waals surface area contributed by atoms with Crippen molar-refractivity contribution in [1.29, 1.82) is 0 Å². The second kappa shape index (κ2) is 3.37. The molecule has 17 heavy (non-hydrogen) atoms. The molecule has 0 aromatic heterocycles. The number of epoxide rings is 1. The minimum absolute atomic E-state index is 0.129. The molecule has 3 fully saturated rings. The van der Waals surface area contributed by atoms with Crippen LogP contribution in [-0.4, -0.2) is 40.9 Å². The summed E-state index contributed by atoms with van der Waals surface area (Å²) in [5.74, 6) is 0. The van der Waals surface area contributed by atoms with E-state index in [0.29, 0.717) is 12.1 Å². The Kier molecular flexibility index (Phi) is 2.25. The van der Waals surface area contributed by atoms with Crippen LogP contribution in [0.2, 0.25) is 0 Å². The van der Waals surface area contributed by atoms with Crippen molar-refractivity contribution in [3.63, 3.8) is 0 Å². The van der Waals surface area contributed by atoms with Crippen LogP contribution >= 0.6 is 0 Å². The van der Waals surface area contributed by atoms with Crippen molar-refractivity contribution in [3.8, 4) is 0 Å². The maximum atomic E-state index is 12.2. The smallest absolute Gasteiger partial charge is 0.410 e. The standard InChI is InChI=1S/C13H21NO3/c1-12(2,3)17-11(15)14-9-4-5-10(14)7-13(6-9)8-16-13/h9-10H,4-8H2,1-3H3. The van der Waals surface area contributed by atoms with E-state index in [1.807, 2.05) is 25.7 Å². The third kappa shape index (κ3) is 2.03. The van der Waals surface area contributed by atoms with Crippen LogP contribution < -0.4 is 0 Å². The Hall–Kier alpha value is -0.770. The lowest BCUT2D eigenvalue weighted by Crippen LogP contribution is -2.50. The van der Waals surface area contributed by atoms with Crippen molar-refractivity contribution in [2.24, 2.45) is 0 Å². The third-order valence-corrected chi connectivity index (χ3v) is 3.99. The maximum Gasteiger partial charge on any atom is 0.410 e. The number of carbonyl (C=O) groups is 1. The molecule has 3 saturated heterocycles. The van der Waals surface area contributed by atoms with Gasteiger partial charge in [-0.1, -0.05) is 0 Å². The van der Waals surface area contributed by atoms with Crippen LogP contribution in [0.15, 0.2) is 0 Å². The molecule has 0 saturated carbocycles. The van der Waals surface area contributed by atoms with Gasteiger partial charge in [-0.25, -0.2) is 4.79 Å². The van der Waals surface area contributed by atoms with E-state index in [2.05, 4.69) is 0 Å². The zero-order chi connectivity index (χ0) is 12.3. The average molecular weight is 239 g/mol. The van der Waals surface area contributed by atoms with Crippen LogP contribution in [0, 0.1) is 0 Å². The van der Waals surface area contributed by atoms with Crippen molar-refractivity contribution in [2.45, 2.75) is 69.7 Å². The molecule has 2 atom stereocenters. The summed E-state index contributed by atoms with van der Waals surface area (Å²) in [7, 11) is 0. The Morgan fingerprint density at radius 3 is 2.24 bits per heavy atom. The summed E-state index contributed by atoms with van der Waals surface area (Å²) < 4.78 is 11.1. The normalized spacial score (nSPS) is 39.6. The molecule has 1 spiro atoms. The van der Waals surface area contributed by atoms with E-state index in [9.17, 15) is 4.79 Å². The molecule has 3 rings (SSSR count). The first-order valence-electron chi connectivity index (χ1n) is 6.54. The Bertz CT molecular complexity index is 327. The zero-order valence-corrected chi connectivity index (χ0v) is 10.9. The number of nitrogens with zero attached hydrogens (tertiary/aromatic N) is 1. The maximum absolute atomic E-state index is 12.2. The van der Waals surface area contributed by atoms with Gasteiger partial charge < -0.3 is 14.4 Å². The lowest BCUT2D eigenvalue weighted by Gasteiger charge is -2.38. The van der Waals surface area contributed by atoms with Crippen molar-refractivity contribution in [1.82, 2.24) is 4.90 Å². The number of ether oxygens (including phenoxy) is 2. The lowest BCUT2D eigenvalue weighted by molar-refractivity contribution is -0.00100. The summed E-state index contributed by atoms with van der Waals surface area (Å²) in [5, 5.41) is 0. The van der Waals surface area contributed by atoms with E-state index < -0.39 is 5.60 Å². The fourth-order valence-electron chi connectivity index (χ4n) is 3.25. The molecule has 96 valence electrons. The van der Waals surface area contributed by atoms with Gasteiger partial charge in [0.15, 0.2) is 0 Å². The SMILES string of the molecule is CC(C)(C)OC(=O)N1C2CCC1CC1(CO1)C2. The number of hydrogen-bond donors (Lipinski definition) is 0. The lowest BCUT2D eigenvalue weighted by atomic mass is 9.91.